The van der Waals surface area contributed by atoms with Crippen molar-refractivity contribution < 1.29 is 9.53 Å². The summed E-state index contributed by atoms with van der Waals surface area (Å²) in [4.78, 5) is 16.6. The Morgan fingerprint density at radius 2 is 1.87 bits per heavy atom. The van der Waals surface area contributed by atoms with Crippen molar-refractivity contribution in [2.24, 2.45) is 0 Å². The summed E-state index contributed by atoms with van der Waals surface area (Å²) in [6.45, 7) is 11.9. The highest BCUT2D eigenvalue weighted by Crippen LogP contribution is 2.26. The number of amides is 1. The van der Waals surface area contributed by atoms with E-state index in [9.17, 15) is 4.79 Å². The fourth-order valence-corrected chi connectivity index (χ4v) is 3.65. The monoisotopic (exact) mass is 419 g/mol. The average Bonchev–Trinajstić information content (AvgIpc) is 3.11. The Kier molecular flexibility index (Phi) is 7.88. The molecule has 0 atom stereocenters. The average molecular weight is 420 g/mol. The lowest BCUT2D eigenvalue weighted by molar-refractivity contribution is -0.117. The molecule has 2 aromatic carbocycles. The fourth-order valence-electron chi connectivity index (χ4n) is 3.65. The Labute approximate surface area is 185 Å². The van der Waals surface area contributed by atoms with Crippen molar-refractivity contribution in [2.45, 2.75) is 52.5 Å². The summed E-state index contributed by atoms with van der Waals surface area (Å²) < 4.78 is 8.34. The molecule has 3 rings (SSSR count). The van der Waals surface area contributed by atoms with Crippen molar-refractivity contribution in [2.75, 3.05) is 13.2 Å². The number of carbonyl (C=O) groups is 1. The van der Waals surface area contributed by atoms with Gasteiger partial charge in [0.25, 0.3) is 0 Å². The first-order valence-electron chi connectivity index (χ1n) is 11.1. The Morgan fingerprint density at radius 1 is 1.13 bits per heavy atom. The number of fused-ring (bicyclic) bond motifs is 1. The molecule has 0 saturated carbocycles. The summed E-state index contributed by atoms with van der Waals surface area (Å²) in [6, 6.07) is 16.5. The molecule has 0 saturated heterocycles. The lowest BCUT2D eigenvalue weighted by Crippen LogP contribution is -2.26. The Hall–Kier alpha value is -3.08. The molecule has 1 N–H and O–H groups in total. The number of aromatic nitrogens is 2. The normalized spacial score (nSPS) is 11.1. The summed E-state index contributed by atoms with van der Waals surface area (Å²) >= 11 is 0. The summed E-state index contributed by atoms with van der Waals surface area (Å²) in [5.41, 5.74) is 3.90. The van der Waals surface area contributed by atoms with Gasteiger partial charge in [-0.05, 0) is 49.4 Å². The number of rotatable bonds is 11. The number of benzene rings is 2. The second-order valence-corrected chi connectivity index (χ2v) is 8.20. The SMILES string of the molecule is C=C(C)C(=O)NCCc1nc2ccccc2n1CCCCOc1ccccc1C(C)C. The number of hydrogen-bond donors (Lipinski definition) is 1. The van der Waals surface area contributed by atoms with E-state index in [2.05, 4.69) is 54.6 Å². The second-order valence-electron chi connectivity index (χ2n) is 8.20. The van der Waals surface area contributed by atoms with Crippen molar-refractivity contribution in [3.05, 3.63) is 72.1 Å². The molecule has 164 valence electrons. The molecule has 5 nitrogen and oxygen atoms in total. The summed E-state index contributed by atoms with van der Waals surface area (Å²) in [7, 11) is 0. The predicted octanol–water partition coefficient (Wildman–Crippen LogP) is 5.25. The molecular weight excluding hydrogens is 386 g/mol. The van der Waals surface area contributed by atoms with Crippen LogP contribution in [-0.4, -0.2) is 28.6 Å². The molecule has 0 unspecified atom stereocenters. The van der Waals surface area contributed by atoms with Gasteiger partial charge in [-0.15, -0.1) is 0 Å². The minimum absolute atomic E-state index is 0.110. The first-order valence-corrected chi connectivity index (χ1v) is 11.1. The molecule has 1 amide bonds. The number of ether oxygens (including phenoxy) is 1. The topological polar surface area (TPSA) is 56.2 Å². The van der Waals surface area contributed by atoms with E-state index in [0.29, 0.717) is 31.1 Å². The maximum Gasteiger partial charge on any atom is 0.246 e. The molecule has 31 heavy (non-hydrogen) atoms. The van der Waals surface area contributed by atoms with Crippen LogP contribution < -0.4 is 10.1 Å². The first-order chi connectivity index (χ1) is 15.0. The Balaban J connectivity index is 1.58. The van der Waals surface area contributed by atoms with Crippen molar-refractivity contribution in [3.63, 3.8) is 0 Å². The lowest BCUT2D eigenvalue weighted by atomic mass is 10.0. The van der Waals surface area contributed by atoms with Crippen LogP contribution in [0.5, 0.6) is 5.75 Å². The number of aryl methyl sites for hydroxylation is 1. The standard InChI is InChI=1S/C26H33N3O2/c1-19(2)21-11-5-8-14-24(21)31-18-10-9-17-29-23-13-7-6-12-22(23)28-25(29)15-16-27-26(30)20(3)4/h5-8,11-14,19H,3,9-10,15-18H2,1-2,4H3,(H,27,30). The highest BCUT2D eigenvalue weighted by atomic mass is 16.5. The van der Waals surface area contributed by atoms with Gasteiger partial charge < -0.3 is 14.6 Å². The molecule has 0 radical (unpaired) electrons. The molecule has 0 aliphatic heterocycles. The number of carbonyl (C=O) groups excluding carboxylic acids is 1. The number of hydrogen-bond acceptors (Lipinski definition) is 3. The van der Waals surface area contributed by atoms with Crippen molar-refractivity contribution in [3.8, 4) is 5.75 Å². The fraction of sp³-hybridized carbons (Fsp3) is 0.385. The molecule has 0 spiro atoms. The van der Waals surface area contributed by atoms with Gasteiger partial charge in [-0.3, -0.25) is 4.79 Å². The van der Waals surface area contributed by atoms with Gasteiger partial charge in [-0.2, -0.15) is 0 Å². The van der Waals surface area contributed by atoms with Crippen LogP contribution in [0.25, 0.3) is 11.0 Å². The minimum atomic E-state index is -0.110. The van der Waals surface area contributed by atoms with Crippen LogP contribution in [0.3, 0.4) is 0 Å². The van der Waals surface area contributed by atoms with Crippen LogP contribution in [0.15, 0.2) is 60.7 Å². The third-order valence-electron chi connectivity index (χ3n) is 5.33. The van der Waals surface area contributed by atoms with Crippen LogP contribution >= 0.6 is 0 Å². The number of nitrogens with one attached hydrogen (secondary N) is 1. The maximum atomic E-state index is 11.8. The van der Waals surface area contributed by atoms with Crippen molar-refractivity contribution in [1.82, 2.24) is 14.9 Å². The van der Waals surface area contributed by atoms with Crippen LogP contribution in [0.2, 0.25) is 0 Å². The van der Waals surface area contributed by atoms with E-state index in [0.717, 1.165) is 42.0 Å². The predicted molar refractivity (Wildman–Crippen MR) is 127 cm³/mol. The number of imidazole rings is 1. The van der Waals surface area contributed by atoms with Crippen LogP contribution in [0, 0.1) is 0 Å². The van der Waals surface area contributed by atoms with Gasteiger partial charge in [-0.1, -0.05) is 50.8 Å². The van der Waals surface area contributed by atoms with E-state index >= 15 is 0 Å². The summed E-state index contributed by atoms with van der Waals surface area (Å²) in [6.07, 6.45) is 2.64. The lowest BCUT2D eigenvalue weighted by Gasteiger charge is -2.14. The Bertz CT molecular complexity index is 1040. The van der Waals surface area contributed by atoms with Crippen molar-refractivity contribution >= 4 is 16.9 Å². The molecule has 1 heterocycles. The second kappa shape index (κ2) is 10.8. The Morgan fingerprint density at radius 3 is 2.65 bits per heavy atom. The quantitative estimate of drug-likeness (QED) is 0.341. The van der Waals surface area contributed by atoms with Gasteiger partial charge in [0.15, 0.2) is 0 Å². The van der Waals surface area contributed by atoms with Crippen LogP contribution in [0.1, 0.15) is 50.9 Å². The molecular formula is C26H33N3O2. The number of unbranched alkanes of at least 4 members (excludes halogenated alkanes) is 1. The highest BCUT2D eigenvalue weighted by Gasteiger charge is 2.11. The highest BCUT2D eigenvalue weighted by molar-refractivity contribution is 5.92. The zero-order valence-corrected chi connectivity index (χ0v) is 18.9. The molecule has 0 aliphatic rings. The van der Waals surface area contributed by atoms with E-state index in [-0.39, 0.29) is 5.91 Å². The van der Waals surface area contributed by atoms with Gasteiger partial charge in [0.2, 0.25) is 5.91 Å². The number of para-hydroxylation sites is 3. The molecule has 0 fully saturated rings. The van der Waals surface area contributed by atoms with Crippen molar-refractivity contribution in [1.29, 1.82) is 0 Å². The van der Waals surface area contributed by atoms with E-state index in [1.165, 1.54) is 5.56 Å². The third-order valence-corrected chi connectivity index (χ3v) is 5.33. The van der Waals surface area contributed by atoms with E-state index in [1.807, 2.05) is 24.3 Å². The van der Waals surface area contributed by atoms with E-state index in [1.54, 1.807) is 6.92 Å². The minimum Gasteiger partial charge on any atom is -0.493 e. The zero-order chi connectivity index (χ0) is 22.2. The maximum absolute atomic E-state index is 11.8. The first kappa shape index (κ1) is 22.6. The largest absolute Gasteiger partial charge is 0.493 e. The summed E-state index contributed by atoms with van der Waals surface area (Å²) in [5, 5.41) is 2.90. The van der Waals surface area contributed by atoms with Crippen LogP contribution in [-0.2, 0) is 17.8 Å². The van der Waals surface area contributed by atoms with Gasteiger partial charge in [-0.25, -0.2) is 4.98 Å². The molecule has 0 bridgehead atoms. The van der Waals surface area contributed by atoms with Gasteiger partial charge in [0.05, 0.1) is 17.6 Å². The molecule has 1 aromatic heterocycles. The third kappa shape index (κ3) is 5.97. The molecule has 3 aromatic rings. The van der Waals surface area contributed by atoms with E-state index < -0.39 is 0 Å². The van der Waals surface area contributed by atoms with E-state index in [4.69, 9.17) is 9.72 Å². The summed E-state index contributed by atoms with van der Waals surface area (Å²) in [5.74, 6) is 2.32. The molecule has 0 aliphatic carbocycles. The van der Waals surface area contributed by atoms with Gasteiger partial charge in [0, 0.05) is 25.1 Å². The zero-order valence-electron chi connectivity index (χ0n) is 18.9. The van der Waals surface area contributed by atoms with Gasteiger partial charge in [0.1, 0.15) is 11.6 Å². The number of nitrogens with zero attached hydrogens (tertiary/aromatic N) is 2. The molecule has 5 heteroatoms. The van der Waals surface area contributed by atoms with Crippen LogP contribution in [0.4, 0.5) is 0 Å². The van der Waals surface area contributed by atoms with Gasteiger partial charge >= 0.3 is 0 Å². The smallest absolute Gasteiger partial charge is 0.246 e.